The first kappa shape index (κ1) is 14.3. The van der Waals surface area contributed by atoms with Crippen LogP contribution in [0.2, 0.25) is 0 Å². The number of phenols is 1. The topological polar surface area (TPSA) is 75.8 Å². The number of phenolic OH excluding ortho intramolecular Hbond substituents is 1. The monoisotopic (exact) mass is 252 g/mol. The summed E-state index contributed by atoms with van der Waals surface area (Å²) in [5.74, 6) is 0.221. The van der Waals surface area contributed by atoms with Crippen LogP contribution in [-0.2, 0) is 0 Å². The van der Waals surface area contributed by atoms with Gasteiger partial charge in [0.05, 0.1) is 7.11 Å². The quantitative estimate of drug-likeness (QED) is 0.798. The lowest BCUT2D eigenvalue weighted by Crippen LogP contribution is -2.32. The summed E-state index contributed by atoms with van der Waals surface area (Å²) in [5.41, 5.74) is 5.89. The molecule has 1 aromatic rings. The Balaban J connectivity index is 2.84. The SMILES string of the molecule is CCN(CCCN)C(=O)c1ccc(OC)c(O)c1. The number of methoxy groups -OCH3 is 1. The van der Waals surface area contributed by atoms with Crippen LogP contribution in [0.4, 0.5) is 0 Å². The number of nitrogens with two attached hydrogens (primary N) is 1. The van der Waals surface area contributed by atoms with Crippen molar-refractivity contribution in [3.8, 4) is 11.5 Å². The molecule has 0 saturated carbocycles. The van der Waals surface area contributed by atoms with Gasteiger partial charge in [-0.2, -0.15) is 0 Å². The Labute approximate surface area is 107 Å². The molecular formula is C13H20N2O3. The lowest BCUT2D eigenvalue weighted by molar-refractivity contribution is 0.0763. The second-order valence-electron chi connectivity index (χ2n) is 3.91. The fraction of sp³-hybridized carbons (Fsp3) is 0.462. The number of carbonyl (C=O) groups excluding carboxylic acids is 1. The average Bonchev–Trinajstić information content (AvgIpc) is 2.39. The van der Waals surface area contributed by atoms with E-state index in [4.69, 9.17) is 10.5 Å². The summed E-state index contributed by atoms with van der Waals surface area (Å²) in [7, 11) is 1.47. The van der Waals surface area contributed by atoms with E-state index in [1.807, 2.05) is 6.92 Å². The minimum absolute atomic E-state index is 0.0294. The van der Waals surface area contributed by atoms with Crippen molar-refractivity contribution in [3.63, 3.8) is 0 Å². The maximum Gasteiger partial charge on any atom is 0.253 e. The summed E-state index contributed by atoms with van der Waals surface area (Å²) in [4.78, 5) is 13.9. The van der Waals surface area contributed by atoms with Gasteiger partial charge in [-0.25, -0.2) is 0 Å². The van der Waals surface area contributed by atoms with Crippen molar-refractivity contribution in [2.24, 2.45) is 5.73 Å². The molecule has 0 fully saturated rings. The summed E-state index contributed by atoms with van der Waals surface area (Å²) < 4.78 is 4.94. The molecule has 1 rings (SSSR count). The van der Waals surface area contributed by atoms with Crippen LogP contribution in [0, 0.1) is 0 Å². The number of rotatable bonds is 6. The number of nitrogens with zero attached hydrogens (tertiary/aromatic N) is 1. The molecule has 5 heteroatoms. The van der Waals surface area contributed by atoms with Gasteiger partial charge < -0.3 is 20.5 Å². The third-order valence-corrected chi connectivity index (χ3v) is 2.73. The Hall–Kier alpha value is -1.75. The van der Waals surface area contributed by atoms with Gasteiger partial charge in [0.1, 0.15) is 0 Å². The number of ether oxygens (including phenoxy) is 1. The molecule has 0 bridgehead atoms. The van der Waals surface area contributed by atoms with Crippen molar-refractivity contribution in [3.05, 3.63) is 23.8 Å². The molecule has 0 heterocycles. The number of aromatic hydroxyl groups is 1. The smallest absolute Gasteiger partial charge is 0.253 e. The summed E-state index contributed by atoms with van der Waals surface area (Å²) in [6, 6.07) is 4.65. The first-order valence-electron chi connectivity index (χ1n) is 6.00. The van der Waals surface area contributed by atoms with Gasteiger partial charge in [-0.05, 0) is 38.1 Å². The molecule has 0 aliphatic rings. The van der Waals surface area contributed by atoms with Gasteiger partial charge in [0.15, 0.2) is 11.5 Å². The van der Waals surface area contributed by atoms with Gasteiger partial charge in [-0.15, -0.1) is 0 Å². The summed E-state index contributed by atoms with van der Waals surface area (Å²) in [6.45, 7) is 3.71. The highest BCUT2D eigenvalue weighted by atomic mass is 16.5. The summed E-state index contributed by atoms with van der Waals surface area (Å²) in [6.07, 6.45) is 0.766. The van der Waals surface area contributed by atoms with Crippen molar-refractivity contribution in [1.29, 1.82) is 0 Å². The Morgan fingerprint density at radius 2 is 2.22 bits per heavy atom. The van der Waals surface area contributed by atoms with Crippen LogP contribution < -0.4 is 10.5 Å². The Bertz CT molecular complexity index is 407. The van der Waals surface area contributed by atoms with Gasteiger partial charge in [0, 0.05) is 18.7 Å². The maximum absolute atomic E-state index is 12.2. The minimum Gasteiger partial charge on any atom is -0.504 e. The van der Waals surface area contributed by atoms with E-state index in [2.05, 4.69) is 0 Å². The van der Waals surface area contributed by atoms with Gasteiger partial charge >= 0.3 is 0 Å². The highest BCUT2D eigenvalue weighted by Gasteiger charge is 2.15. The van der Waals surface area contributed by atoms with Crippen LogP contribution in [-0.4, -0.2) is 42.7 Å². The van der Waals surface area contributed by atoms with Gasteiger partial charge in [-0.3, -0.25) is 4.79 Å². The molecule has 100 valence electrons. The molecule has 0 spiro atoms. The number of carbonyl (C=O) groups is 1. The Morgan fingerprint density at radius 3 is 2.72 bits per heavy atom. The van der Waals surface area contributed by atoms with Crippen molar-refractivity contribution < 1.29 is 14.6 Å². The number of benzene rings is 1. The van der Waals surface area contributed by atoms with Crippen LogP contribution in [0.15, 0.2) is 18.2 Å². The summed E-state index contributed by atoms with van der Waals surface area (Å²) in [5, 5.41) is 9.66. The number of hydrogen-bond donors (Lipinski definition) is 2. The third-order valence-electron chi connectivity index (χ3n) is 2.73. The van der Waals surface area contributed by atoms with Crippen LogP contribution in [0.1, 0.15) is 23.7 Å². The molecule has 0 aliphatic heterocycles. The summed E-state index contributed by atoms with van der Waals surface area (Å²) >= 11 is 0. The van der Waals surface area contributed by atoms with Crippen molar-refractivity contribution in [2.45, 2.75) is 13.3 Å². The molecule has 0 saturated heterocycles. The fourth-order valence-corrected chi connectivity index (χ4v) is 1.69. The van der Waals surface area contributed by atoms with Gasteiger partial charge in [0.25, 0.3) is 5.91 Å². The van der Waals surface area contributed by atoms with E-state index in [9.17, 15) is 9.90 Å². The minimum atomic E-state index is -0.107. The largest absolute Gasteiger partial charge is 0.504 e. The standard InChI is InChI=1S/C13H20N2O3/c1-3-15(8-4-7-14)13(17)10-5-6-12(18-2)11(16)9-10/h5-6,9,16H,3-4,7-8,14H2,1-2H3. The third kappa shape index (κ3) is 3.37. The zero-order valence-electron chi connectivity index (χ0n) is 10.8. The molecule has 1 amide bonds. The predicted octanol–water partition coefficient (Wildman–Crippen LogP) is 1.21. The fourth-order valence-electron chi connectivity index (χ4n) is 1.69. The Kier molecular flexibility index (Phi) is 5.45. The second kappa shape index (κ2) is 6.86. The van der Waals surface area contributed by atoms with E-state index in [1.165, 1.54) is 13.2 Å². The zero-order valence-corrected chi connectivity index (χ0v) is 10.8. The average molecular weight is 252 g/mol. The highest BCUT2D eigenvalue weighted by molar-refractivity contribution is 5.94. The molecule has 0 unspecified atom stereocenters. The zero-order chi connectivity index (χ0) is 13.5. The van der Waals surface area contributed by atoms with Crippen LogP contribution >= 0.6 is 0 Å². The van der Waals surface area contributed by atoms with E-state index >= 15 is 0 Å². The van der Waals surface area contributed by atoms with E-state index in [0.29, 0.717) is 30.9 Å². The molecular weight excluding hydrogens is 232 g/mol. The van der Waals surface area contributed by atoms with Crippen LogP contribution in [0.3, 0.4) is 0 Å². The van der Waals surface area contributed by atoms with E-state index < -0.39 is 0 Å². The molecule has 3 N–H and O–H groups in total. The first-order valence-corrected chi connectivity index (χ1v) is 6.00. The molecule has 1 aromatic carbocycles. The molecule has 5 nitrogen and oxygen atoms in total. The van der Waals surface area contributed by atoms with E-state index in [0.717, 1.165) is 6.42 Å². The second-order valence-corrected chi connectivity index (χ2v) is 3.91. The Morgan fingerprint density at radius 1 is 1.50 bits per heavy atom. The molecule has 18 heavy (non-hydrogen) atoms. The lowest BCUT2D eigenvalue weighted by Gasteiger charge is -2.20. The van der Waals surface area contributed by atoms with Crippen LogP contribution in [0.25, 0.3) is 0 Å². The van der Waals surface area contributed by atoms with Crippen molar-refractivity contribution >= 4 is 5.91 Å². The number of hydrogen-bond acceptors (Lipinski definition) is 4. The van der Waals surface area contributed by atoms with Crippen LogP contribution in [0.5, 0.6) is 11.5 Å². The van der Waals surface area contributed by atoms with Crippen molar-refractivity contribution in [1.82, 2.24) is 4.90 Å². The molecule has 0 atom stereocenters. The van der Waals surface area contributed by atoms with E-state index in [-0.39, 0.29) is 11.7 Å². The first-order chi connectivity index (χ1) is 8.63. The van der Waals surface area contributed by atoms with E-state index in [1.54, 1.807) is 17.0 Å². The van der Waals surface area contributed by atoms with Gasteiger partial charge in [-0.1, -0.05) is 0 Å². The van der Waals surface area contributed by atoms with Gasteiger partial charge in [0.2, 0.25) is 0 Å². The maximum atomic E-state index is 12.2. The molecule has 0 aromatic heterocycles. The van der Waals surface area contributed by atoms with Crippen molar-refractivity contribution in [2.75, 3.05) is 26.7 Å². The highest BCUT2D eigenvalue weighted by Crippen LogP contribution is 2.26. The normalized spacial score (nSPS) is 10.2. The lowest BCUT2D eigenvalue weighted by atomic mass is 10.1. The molecule has 0 aliphatic carbocycles. The number of amides is 1. The predicted molar refractivity (Wildman–Crippen MR) is 69.9 cm³/mol. The molecule has 0 radical (unpaired) electrons.